The fourth-order valence-electron chi connectivity index (χ4n) is 0.562. The van der Waals surface area contributed by atoms with Gasteiger partial charge in [-0.3, -0.25) is 4.21 Å². The van der Waals surface area contributed by atoms with E-state index in [1.165, 1.54) is 6.20 Å². The summed E-state index contributed by atoms with van der Waals surface area (Å²) in [5.74, 6) is 0. The molecule has 0 saturated carbocycles. The first kappa shape index (κ1) is 7.21. The van der Waals surface area contributed by atoms with Crippen molar-refractivity contribution in [2.75, 3.05) is 12.0 Å². The lowest BCUT2D eigenvalue weighted by atomic mass is 10.4. The number of hydrogen-bond acceptors (Lipinski definition) is 3. The summed E-state index contributed by atoms with van der Waals surface area (Å²) in [4.78, 5) is 3.85. The van der Waals surface area contributed by atoms with E-state index in [0.29, 0.717) is 10.7 Å². The van der Waals surface area contributed by atoms with E-state index in [9.17, 15) is 4.21 Å². The van der Waals surface area contributed by atoms with Gasteiger partial charge in [-0.2, -0.15) is 0 Å². The van der Waals surface area contributed by atoms with Crippen molar-refractivity contribution in [1.29, 1.82) is 0 Å². The molecule has 0 amide bonds. The Hall–Kier alpha value is -0.900. The second-order valence-corrected chi connectivity index (χ2v) is 3.21. The Bertz CT molecular complexity index is 244. The van der Waals surface area contributed by atoms with Gasteiger partial charge in [-0.25, -0.2) is 4.98 Å². The third kappa shape index (κ3) is 1.54. The molecular weight excluding hydrogens is 148 g/mol. The quantitative estimate of drug-likeness (QED) is 0.640. The highest BCUT2D eigenvalue weighted by Crippen LogP contribution is 2.03. The van der Waals surface area contributed by atoms with Crippen molar-refractivity contribution in [3.05, 3.63) is 18.3 Å². The minimum Gasteiger partial charge on any atom is -0.397 e. The van der Waals surface area contributed by atoms with Gasteiger partial charge in [-0.15, -0.1) is 0 Å². The van der Waals surface area contributed by atoms with Crippen molar-refractivity contribution in [3.8, 4) is 0 Å². The van der Waals surface area contributed by atoms with Crippen LogP contribution in [0.15, 0.2) is 23.4 Å². The Labute approximate surface area is 61.7 Å². The molecule has 0 fully saturated rings. The zero-order valence-corrected chi connectivity index (χ0v) is 6.39. The largest absolute Gasteiger partial charge is 0.397 e. The maximum atomic E-state index is 10.8. The van der Waals surface area contributed by atoms with Crippen LogP contribution in [0.3, 0.4) is 0 Å². The molecule has 3 nitrogen and oxygen atoms in total. The minimum atomic E-state index is -1.00. The predicted octanol–water partition coefficient (Wildman–Crippen LogP) is 0.401. The summed E-state index contributed by atoms with van der Waals surface area (Å²) in [6, 6.07) is 3.34. The second kappa shape index (κ2) is 2.79. The topological polar surface area (TPSA) is 56.0 Å². The molecule has 1 aromatic heterocycles. The molecule has 0 saturated heterocycles. The minimum absolute atomic E-state index is 0.564. The molecule has 4 heteroatoms. The standard InChI is InChI=1S/C6H8N2OS/c1-10(9)6-3-2-5(7)4-8-6/h2-4H,7H2,1H3. The highest BCUT2D eigenvalue weighted by atomic mass is 32.2. The van der Waals surface area contributed by atoms with Gasteiger partial charge in [0.15, 0.2) is 0 Å². The number of pyridine rings is 1. The number of nitrogens with zero attached hydrogens (tertiary/aromatic N) is 1. The lowest BCUT2D eigenvalue weighted by molar-refractivity contribution is 0.684. The fraction of sp³-hybridized carbons (Fsp3) is 0.167. The Morgan fingerprint density at radius 2 is 2.30 bits per heavy atom. The summed E-state index contributed by atoms with van der Waals surface area (Å²) in [7, 11) is -1.00. The smallest absolute Gasteiger partial charge is 0.127 e. The van der Waals surface area contributed by atoms with Crippen LogP contribution in [0.1, 0.15) is 0 Å². The molecule has 1 rings (SSSR count). The summed E-state index contributed by atoms with van der Waals surface area (Å²) in [6.45, 7) is 0. The van der Waals surface area contributed by atoms with Gasteiger partial charge in [-0.1, -0.05) is 0 Å². The molecule has 0 aromatic carbocycles. The van der Waals surface area contributed by atoms with Crippen molar-refractivity contribution >= 4 is 16.5 Å². The molecule has 1 atom stereocenters. The van der Waals surface area contributed by atoms with Crippen LogP contribution in [0, 0.1) is 0 Å². The van der Waals surface area contributed by atoms with Gasteiger partial charge < -0.3 is 5.73 Å². The summed E-state index contributed by atoms with van der Waals surface area (Å²) in [6.07, 6.45) is 3.08. The van der Waals surface area contributed by atoms with E-state index in [1.807, 2.05) is 0 Å². The zero-order valence-electron chi connectivity index (χ0n) is 5.57. The van der Waals surface area contributed by atoms with Gasteiger partial charge in [0.1, 0.15) is 5.03 Å². The number of hydrogen-bond donors (Lipinski definition) is 1. The Morgan fingerprint density at radius 3 is 2.70 bits per heavy atom. The van der Waals surface area contributed by atoms with E-state index in [0.717, 1.165) is 0 Å². The summed E-state index contributed by atoms with van der Waals surface area (Å²) in [5, 5.41) is 0.564. The first-order chi connectivity index (χ1) is 4.70. The number of anilines is 1. The predicted molar refractivity (Wildman–Crippen MR) is 41.0 cm³/mol. The van der Waals surface area contributed by atoms with Crippen LogP contribution >= 0.6 is 0 Å². The SMILES string of the molecule is CS(=O)c1ccc(N)cn1. The van der Waals surface area contributed by atoms with Crippen LogP contribution in [0.4, 0.5) is 5.69 Å². The average molecular weight is 156 g/mol. The van der Waals surface area contributed by atoms with Gasteiger partial charge in [0.25, 0.3) is 0 Å². The molecule has 0 aliphatic rings. The molecule has 0 radical (unpaired) electrons. The third-order valence-electron chi connectivity index (χ3n) is 1.05. The van der Waals surface area contributed by atoms with Crippen molar-refractivity contribution in [3.63, 3.8) is 0 Å². The van der Waals surface area contributed by atoms with E-state index in [2.05, 4.69) is 4.98 Å². The molecule has 2 N–H and O–H groups in total. The fourth-order valence-corrected chi connectivity index (χ4v) is 1.02. The van der Waals surface area contributed by atoms with Crippen molar-refractivity contribution in [2.24, 2.45) is 0 Å². The molecule has 0 aliphatic carbocycles. The van der Waals surface area contributed by atoms with Crippen molar-refractivity contribution < 1.29 is 4.21 Å². The Kier molecular flexibility index (Phi) is 2.01. The van der Waals surface area contributed by atoms with Gasteiger partial charge in [0.2, 0.25) is 0 Å². The molecule has 1 aromatic rings. The molecule has 0 aliphatic heterocycles. The van der Waals surface area contributed by atoms with E-state index in [-0.39, 0.29) is 0 Å². The molecule has 1 heterocycles. The van der Waals surface area contributed by atoms with Crippen molar-refractivity contribution in [1.82, 2.24) is 4.98 Å². The molecule has 1 unspecified atom stereocenters. The first-order valence-corrected chi connectivity index (χ1v) is 4.31. The zero-order chi connectivity index (χ0) is 7.56. The number of aromatic nitrogens is 1. The molecular formula is C6H8N2OS. The number of rotatable bonds is 1. The summed E-state index contributed by atoms with van der Waals surface area (Å²) in [5.41, 5.74) is 5.96. The average Bonchev–Trinajstić information content (AvgIpc) is 1.88. The van der Waals surface area contributed by atoms with Crippen LogP contribution in [-0.4, -0.2) is 15.4 Å². The molecule has 0 spiro atoms. The lowest BCUT2D eigenvalue weighted by Crippen LogP contribution is -1.93. The lowest BCUT2D eigenvalue weighted by Gasteiger charge is -1.93. The van der Waals surface area contributed by atoms with Gasteiger partial charge in [0.05, 0.1) is 22.7 Å². The van der Waals surface area contributed by atoms with Crippen LogP contribution in [0.2, 0.25) is 0 Å². The normalized spacial score (nSPS) is 12.9. The maximum absolute atomic E-state index is 10.8. The van der Waals surface area contributed by atoms with Crippen LogP contribution in [0.5, 0.6) is 0 Å². The summed E-state index contributed by atoms with van der Waals surface area (Å²) >= 11 is 0. The molecule has 10 heavy (non-hydrogen) atoms. The second-order valence-electron chi connectivity index (χ2n) is 1.88. The Morgan fingerprint density at radius 1 is 1.60 bits per heavy atom. The van der Waals surface area contributed by atoms with Gasteiger partial charge >= 0.3 is 0 Å². The van der Waals surface area contributed by atoms with E-state index >= 15 is 0 Å². The van der Waals surface area contributed by atoms with Crippen LogP contribution in [0.25, 0.3) is 0 Å². The monoisotopic (exact) mass is 156 g/mol. The van der Waals surface area contributed by atoms with Gasteiger partial charge in [0, 0.05) is 6.26 Å². The highest BCUT2D eigenvalue weighted by molar-refractivity contribution is 7.84. The summed E-state index contributed by atoms with van der Waals surface area (Å²) < 4.78 is 10.8. The maximum Gasteiger partial charge on any atom is 0.127 e. The van der Waals surface area contributed by atoms with Gasteiger partial charge in [-0.05, 0) is 12.1 Å². The van der Waals surface area contributed by atoms with E-state index in [1.54, 1.807) is 18.4 Å². The van der Waals surface area contributed by atoms with E-state index in [4.69, 9.17) is 5.73 Å². The number of nitrogen functional groups attached to an aromatic ring is 1. The van der Waals surface area contributed by atoms with Crippen molar-refractivity contribution in [2.45, 2.75) is 5.03 Å². The first-order valence-electron chi connectivity index (χ1n) is 2.75. The molecule has 0 bridgehead atoms. The highest BCUT2D eigenvalue weighted by Gasteiger charge is 1.95. The molecule has 54 valence electrons. The number of nitrogens with two attached hydrogens (primary N) is 1. The third-order valence-corrected chi connectivity index (χ3v) is 1.88. The Balaban J connectivity index is 3.00. The van der Waals surface area contributed by atoms with Crippen LogP contribution < -0.4 is 5.73 Å². The van der Waals surface area contributed by atoms with E-state index < -0.39 is 10.8 Å². The van der Waals surface area contributed by atoms with Crippen LogP contribution in [-0.2, 0) is 10.8 Å².